The summed E-state index contributed by atoms with van der Waals surface area (Å²) in [5.74, 6) is 0.589. The lowest BCUT2D eigenvalue weighted by molar-refractivity contribution is -0.141. The summed E-state index contributed by atoms with van der Waals surface area (Å²) in [6, 6.07) is 13.1. The highest BCUT2D eigenvalue weighted by molar-refractivity contribution is 7.90. The molecule has 3 rings (SSSR count). The molecule has 0 radical (unpaired) electrons. The maximum Gasteiger partial charge on any atom is 0.435 e. The predicted octanol–water partition coefficient (Wildman–Crippen LogP) is 4.75. The topological polar surface area (TPSA) is 61.2 Å². The Balaban J connectivity index is 2.08. The highest BCUT2D eigenvalue weighted by Gasteiger charge is 2.35. The average molecular weight is 424 g/mol. The fourth-order valence-corrected chi connectivity index (χ4v) is 3.36. The van der Waals surface area contributed by atoms with Crippen LogP contribution < -0.4 is 4.74 Å². The maximum atomic E-state index is 13.3. The van der Waals surface area contributed by atoms with Gasteiger partial charge < -0.3 is 4.74 Å². The lowest BCUT2D eigenvalue weighted by Crippen LogP contribution is -2.08. The maximum absolute atomic E-state index is 13.3. The van der Waals surface area contributed by atoms with E-state index >= 15 is 0 Å². The molecule has 154 valence electrons. The molecular formula is C20H19F3N2O3S. The Kier molecular flexibility index (Phi) is 5.44. The van der Waals surface area contributed by atoms with Gasteiger partial charge in [0, 0.05) is 11.8 Å². The first-order valence-electron chi connectivity index (χ1n) is 8.70. The fourth-order valence-electron chi connectivity index (χ4n) is 2.73. The first-order valence-corrected chi connectivity index (χ1v) is 10.6. The van der Waals surface area contributed by atoms with Crippen LogP contribution in [0.5, 0.6) is 5.75 Å². The summed E-state index contributed by atoms with van der Waals surface area (Å²) in [7, 11) is -3.41. The van der Waals surface area contributed by atoms with Gasteiger partial charge in [0.25, 0.3) is 0 Å². The molecule has 1 aromatic heterocycles. The standard InChI is InChI=1S/C20H19F3N2O3S/c1-13(2)28-16-8-6-15(7-9-16)25-18(12-19(24-25)20(21,22)23)14-4-10-17(11-5-14)29(3,26)27/h4-13H,1-3H3. The molecule has 9 heteroatoms. The molecule has 0 saturated carbocycles. The van der Waals surface area contributed by atoms with Crippen LogP contribution in [-0.4, -0.2) is 30.6 Å². The number of alkyl halides is 3. The number of nitrogens with zero attached hydrogens (tertiary/aromatic N) is 2. The summed E-state index contributed by atoms with van der Waals surface area (Å²) >= 11 is 0. The van der Waals surface area contributed by atoms with E-state index in [1.165, 1.54) is 28.9 Å². The van der Waals surface area contributed by atoms with E-state index in [-0.39, 0.29) is 16.7 Å². The van der Waals surface area contributed by atoms with Crippen LogP contribution in [0.25, 0.3) is 16.9 Å². The number of hydrogen-bond acceptors (Lipinski definition) is 4. The molecule has 0 fully saturated rings. The van der Waals surface area contributed by atoms with Gasteiger partial charge in [-0.1, -0.05) is 12.1 Å². The molecule has 0 bridgehead atoms. The summed E-state index contributed by atoms with van der Waals surface area (Å²) in [6.07, 6.45) is -3.59. The number of ether oxygens (including phenoxy) is 1. The number of aromatic nitrogens is 2. The molecule has 3 aromatic rings. The minimum absolute atomic E-state index is 0.0358. The van der Waals surface area contributed by atoms with Crippen LogP contribution in [0.3, 0.4) is 0 Å². The highest BCUT2D eigenvalue weighted by atomic mass is 32.2. The summed E-state index contributed by atoms with van der Waals surface area (Å²) in [5, 5.41) is 3.72. The van der Waals surface area contributed by atoms with Gasteiger partial charge >= 0.3 is 6.18 Å². The molecule has 0 saturated heterocycles. The van der Waals surface area contributed by atoms with Crippen molar-refractivity contribution < 1.29 is 26.3 Å². The molecule has 0 amide bonds. The Morgan fingerprint density at radius 3 is 2.07 bits per heavy atom. The van der Waals surface area contributed by atoms with Crippen LogP contribution >= 0.6 is 0 Å². The minimum atomic E-state index is -4.62. The summed E-state index contributed by atoms with van der Waals surface area (Å²) in [5.41, 5.74) is -0.0289. The van der Waals surface area contributed by atoms with Gasteiger partial charge in [-0.2, -0.15) is 18.3 Å². The van der Waals surface area contributed by atoms with Crippen molar-refractivity contribution in [1.82, 2.24) is 9.78 Å². The van der Waals surface area contributed by atoms with Crippen LogP contribution in [-0.2, 0) is 16.0 Å². The molecule has 1 heterocycles. The van der Waals surface area contributed by atoms with Crippen LogP contribution in [0.15, 0.2) is 59.5 Å². The predicted molar refractivity (Wildman–Crippen MR) is 103 cm³/mol. The van der Waals surface area contributed by atoms with Gasteiger partial charge in [0.1, 0.15) is 5.75 Å². The molecular weight excluding hydrogens is 405 g/mol. The first-order chi connectivity index (χ1) is 13.4. The molecule has 0 unspecified atom stereocenters. The van der Waals surface area contributed by atoms with E-state index in [0.29, 0.717) is 17.0 Å². The highest BCUT2D eigenvalue weighted by Crippen LogP contribution is 2.33. The molecule has 0 atom stereocenters. The van der Waals surface area contributed by atoms with Crippen molar-refractivity contribution in [3.63, 3.8) is 0 Å². The number of sulfone groups is 1. The molecule has 0 aliphatic rings. The smallest absolute Gasteiger partial charge is 0.435 e. The second-order valence-electron chi connectivity index (χ2n) is 6.78. The largest absolute Gasteiger partial charge is 0.491 e. The lowest BCUT2D eigenvalue weighted by Gasteiger charge is -2.12. The Hall–Kier alpha value is -2.81. The summed E-state index contributed by atoms with van der Waals surface area (Å²) < 4.78 is 69.8. The van der Waals surface area contributed by atoms with Crippen LogP contribution in [0, 0.1) is 0 Å². The Bertz CT molecular complexity index is 1100. The summed E-state index contributed by atoms with van der Waals surface area (Å²) in [4.78, 5) is 0.0820. The van der Waals surface area contributed by atoms with Gasteiger partial charge in [-0.05, 0) is 56.3 Å². The Morgan fingerprint density at radius 1 is 1.00 bits per heavy atom. The fraction of sp³-hybridized carbons (Fsp3) is 0.250. The third kappa shape index (κ3) is 4.79. The van der Waals surface area contributed by atoms with Crippen molar-refractivity contribution in [2.75, 3.05) is 6.26 Å². The molecule has 0 aliphatic carbocycles. The van der Waals surface area contributed by atoms with Gasteiger partial charge in [-0.25, -0.2) is 13.1 Å². The zero-order valence-electron chi connectivity index (χ0n) is 15.9. The normalized spacial score (nSPS) is 12.4. The van der Waals surface area contributed by atoms with Crippen LogP contribution in [0.1, 0.15) is 19.5 Å². The SMILES string of the molecule is CC(C)Oc1ccc(-n2nc(C(F)(F)F)cc2-c2ccc(S(C)(=O)=O)cc2)cc1. The Morgan fingerprint density at radius 2 is 1.59 bits per heavy atom. The molecule has 0 N–H and O–H groups in total. The van der Waals surface area contributed by atoms with Gasteiger partial charge in [0.05, 0.1) is 22.4 Å². The lowest BCUT2D eigenvalue weighted by atomic mass is 10.1. The van der Waals surface area contributed by atoms with E-state index in [0.717, 1.165) is 12.3 Å². The van der Waals surface area contributed by atoms with Crippen LogP contribution in [0.4, 0.5) is 13.2 Å². The van der Waals surface area contributed by atoms with E-state index in [9.17, 15) is 21.6 Å². The van der Waals surface area contributed by atoms with Gasteiger partial charge in [0.15, 0.2) is 15.5 Å². The number of halogens is 3. The number of hydrogen-bond donors (Lipinski definition) is 0. The summed E-state index contributed by atoms with van der Waals surface area (Å²) in [6.45, 7) is 3.74. The van der Waals surface area contributed by atoms with Crippen molar-refractivity contribution in [3.8, 4) is 22.7 Å². The third-order valence-corrected chi connectivity index (χ3v) is 5.16. The molecule has 5 nitrogen and oxygen atoms in total. The van der Waals surface area contributed by atoms with Crippen LogP contribution in [0.2, 0.25) is 0 Å². The van der Waals surface area contributed by atoms with E-state index < -0.39 is 21.7 Å². The quantitative estimate of drug-likeness (QED) is 0.593. The zero-order chi connectivity index (χ0) is 21.4. The minimum Gasteiger partial charge on any atom is -0.491 e. The molecule has 2 aromatic carbocycles. The molecule has 0 aliphatic heterocycles. The van der Waals surface area contributed by atoms with E-state index in [1.807, 2.05) is 13.8 Å². The number of benzene rings is 2. The zero-order valence-corrected chi connectivity index (χ0v) is 16.8. The number of rotatable bonds is 5. The second kappa shape index (κ2) is 7.55. The molecule has 0 spiro atoms. The van der Waals surface area contributed by atoms with Crippen molar-refractivity contribution in [2.24, 2.45) is 0 Å². The van der Waals surface area contributed by atoms with E-state index in [4.69, 9.17) is 4.74 Å². The molecule has 29 heavy (non-hydrogen) atoms. The van der Waals surface area contributed by atoms with Gasteiger partial charge in [-0.15, -0.1) is 0 Å². The van der Waals surface area contributed by atoms with E-state index in [2.05, 4.69) is 5.10 Å². The second-order valence-corrected chi connectivity index (χ2v) is 8.80. The first kappa shape index (κ1) is 20.9. The average Bonchev–Trinajstić information content (AvgIpc) is 3.07. The van der Waals surface area contributed by atoms with Crippen molar-refractivity contribution >= 4 is 9.84 Å². The van der Waals surface area contributed by atoms with Crippen molar-refractivity contribution in [2.45, 2.75) is 31.0 Å². The van der Waals surface area contributed by atoms with Gasteiger partial charge in [0.2, 0.25) is 0 Å². The van der Waals surface area contributed by atoms with E-state index in [1.54, 1.807) is 24.3 Å². The van der Waals surface area contributed by atoms with Crippen molar-refractivity contribution in [1.29, 1.82) is 0 Å². The third-order valence-electron chi connectivity index (χ3n) is 4.03. The van der Waals surface area contributed by atoms with Gasteiger partial charge in [-0.3, -0.25) is 0 Å². The monoisotopic (exact) mass is 424 g/mol. The van der Waals surface area contributed by atoms with Crippen molar-refractivity contribution in [3.05, 3.63) is 60.3 Å². The Labute approximate surface area is 166 Å².